The van der Waals surface area contributed by atoms with Crippen molar-refractivity contribution in [2.75, 3.05) is 11.1 Å². The van der Waals surface area contributed by atoms with E-state index in [1.165, 1.54) is 6.07 Å². The molecule has 1 amide bonds. The molecule has 0 saturated carbocycles. The lowest BCUT2D eigenvalue weighted by molar-refractivity contribution is 0.102. The van der Waals surface area contributed by atoms with Gasteiger partial charge in [0.2, 0.25) is 0 Å². The minimum Gasteiger partial charge on any atom is -0.399 e. The fourth-order valence-electron chi connectivity index (χ4n) is 1.75. The van der Waals surface area contributed by atoms with E-state index in [9.17, 15) is 13.6 Å². The van der Waals surface area contributed by atoms with Crippen LogP contribution in [-0.2, 0) is 0 Å². The highest BCUT2D eigenvalue weighted by molar-refractivity contribution is 9.10. The Morgan fingerprint density at radius 2 is 1.90 bits per heavy atom. The molecule has 104 valence electrons. The molecule has 2 rings (SSSR count). The standard InChI is InChI=1S/C14H11BrF2N2O/c1-7-4-8(18)2-3-9(7)14(20)19-13-6-11(16)10(15)5-12(13)17/h2-6H,18H2,1H3,(H,19,20). The number of hydrogen-bond donors (Lipinski definition) is 2. The second kappa shape index (κ2) is 5.58. The minimum absolute atomic E-state index is 0.00309. The van der Waals surface area contributed by atoms with Gasteiger partial charge in [0.25, 0.3) is 5.91 Å². The predicted octanol–water partition coefficient (Wildman–Crippen LogP) is 3.87. The first-order valence-corrected chi connectivity index (χ1v) is 6.50. The summed E-state index contributed by atoms with van der Waals surface area (Å²) < 4.78 is 27.0. The highest BCUT2D eigenvalue weighted by Gasteiger charge is 2.14. The summed E-state index contributed by atoms with van der Waals surface area (Å²) in [5, 5.41) is 2.34. The maximum Gasteiger partial charge on any atom is 0.256 e. The Bertz CT molecular complexity index is 689. The molecule has 0 aliphatic heterocycles. The van der Waals surface area contributed by atoms with E-state index in [0.717, 1.165) is 12.1 Å². The van der Waals surface area contributed by atoms with Crippen LogP contribution in [0.3, 0.4) is 0 Å². The predicted molar refractivity (Wildman–Crippen MR) is 77.6 cm³/mol. The SMILES string of the molecule is Cc1cc(N)ccc1C(=O)Nc1cc(F)c(Br)cc1F. The van der Waals surface area contributed by atoms with Crippen LogP contribution in [-0.4, -0.2) is 5.91 Å². The molecule has 0 aromatic heterocycles. The van der Waals surface area contributed by atoms with E-state index in [2.05, 4.69) is 21.2 Å². The zero-order valence-corrected chi connectivity index (χ0v) is 12.1. The van der Waals surface area contributed by atoms with E-state index in [-0.39, 0.29) is 10.2 Å². The monoisotopic (exact) mass is 340 g/mol. The van der Waals surface area contributed by atoms with Crippen molar-refractivity contribution in [3.05, 3.63) is 57.6 Å². The Kier molecular flexibility index (Phi) is 4.04. The number of nitrogens with two attached hydrogens (primary N) is 1. The van der Waals surface area contributed by atoms with Crippen LogP contribution < -0.4 is 11.1 Å². The van der Waals surface area contributed by atoms with E-state index in [1.54, 1.807) is 19.1 Å². The zero-order valence-electron chi connectivity index (χ0n) is 10.5. The summed E-state index contributed by atoms with van der Waals surface area (Å²) in [6.45, 7) is 1.71. The van der Waals surface area contributed by atoms with Crippen LogP contribution in [0.2, 0.25) is 0 Å². The number of amides is 1. The lowest BCUT2D eigenvalue weighted by atomic mass is 10.1. The van der Waals surface area contributed by atoms with Gasteiger partial charge in [0.1, 0.15) is 11.6 Å². The topological polar surface area (TPSA) is 55.1 Å². The highest BCUT2D eigenvalue weighted by atomic mass is 79.9. The van der Waals surface area contributed by atoms with Gasteiger partial charge in [-0.25, -0.2) is 8.78 Å². The molecule has 3 N–H and O–H groups in total. The van der Waals surface area contributed by atoms with Crippen molar-refractivity contribution >= 4 is 33.2 Å². The smallest absolute Gasteiger partial charge is 0.256 e. The first-order valence-electron chi connectivity index (χ1n) is 5.70. The number of halogens is 3. The van der Waals surface area contributed by atoms with Crippen molar-refractivity contribution in [1.82, 2.24) is 0 Å². The second-order valence-corrected chi connectivity index (χ2v) is 5.13. The molecule has 2 aromatic rings. The van der Waals surface area contributed by atoms with Crippen molar-refractivity contribution in [2.45, 2.75) is 6.92 Å². The van der Waals surface area contributed by atoms with Crippen LogP contribution in [0.25, 0.3) is 0 Å². The fourth-order valence-corrected chi connectivity index (χ4v) is 2.07. The van der Waals surface area contributed by atoms with Gasteiger partial charge < -0.3 is 11.1 Å². The van der Waals surface area contributed by atoms with Gasteiger partial charge in [0, 0.05) is 17.3 Å². The fraction of sp³-hybridized carbons (Fsp3) is 0.0714. The van der Waals surface area contributed by atoms with Crippen LogP contribution in [0, 0.1) is 18.6 Å². The van der Waals surface area contributed by atoms with Crippen molar-refractivity contribution in [2.24, 2.45) is 0 Å². The number of nitrogen functional groups attached to an aromatic ring is 1. The van der Waals surface area contributed by atoms with Gasteiger partial charge in [-0.1, -0.05) is 0 Å². The molecule has 0 spiro atoms. The summed E-state index contributed by atoms with van der Waals surface area (Å²) >= 11 is 2.87. The van der Waals surface area contributed by atoms with Gasteiger partial charge in [0.05, 0.1) is 10.2 Å². The Morgan fingerprint density at radius 3 is 2.55 bits per heavy atom. The van der Waals surface area contributed by atoms with Crippen molar-refractivity contribution < 1.29 is 13.6 Å². The third-order valence-electron chi connectivity index (χ3n) is 2.75. The van der Waals surface area contributed by atoms with Crippen molar-refractivity contribution in [3.8, 4) is 0 Å². The Morgan fingerprint density at radius 1 is 1.20 bits per heavy atom. The summed E-state index contributed by atoms with van der Waals surface area (Å²) in [5.74, 6) is -1.90. The number of hydrogen-bond acceptors (Lipinski definition) is 2. The molecule has 20 heavy (non-hydrogen) atoms. The number of aryl methyl sites for hydroxylation is 1. The van der Waals surface area contributed by atoms with Gasteiger partial charge >= 0.3 is 0 Å². The first-order chi connectivity index (χ1) is 9.38. The molecule has 0 unspecified atom stereocenters. The van der Waals surface area contributed by atoms with Gasteiger partial charge in [-0.2, -0.15) is 0 Å². The van der Waals surface area contributed by atoms with E-state index in [1.807, 2.05) is 0 Å². The Labute approximate surface area is 122 Å². The van der Waals surface area contributed by atoms with Gasteiger partial charge in [-0.05, 0) is 52.7 Å². The highest BCUT2D eigenvalue weighted by Crippen LogP contribution is 2.24. The maximum atomic E-state index is 13.6. The first kappa shape index (κ1) is 14.5. The summed E-state index contributed by atoms with van der Waals surface area (Å²) in [6, 6.07) is 6.62. The summed E-state index contributed by atoms with van der Waals surface area (Å²) in [5.41, 5.74) is 6.91. The second-order valence-electron chi connectivity index (χ2n) is 4.27. The third-order valence-corrected chi connectivity index (χ3v) is 3.36. The van der Waals surface area contributed by atoms with Crippen molar-refractivity contribution in [3.63, 3.8) is 0 Å². The Hall–Kier alpha value is -1.95. The molecule has 6 heteroatoms. The van der Waals surface area contributed by atoms with Crippen LogP contribution >= 0.6 is 15.9 Å². The van der Waals surface area contributed by atoms with Crippen LogP contribution in [0.15, 0.2) is 34.8 Å². The number of carbonyl (C=O) groups excluding carboxylic acids is 1. The molecular formula is C14H11BrF2N2O. The molecule has 0 heterocycles. The average Bonchev–Trinajstić information content (AvgIpc) is 2.35. The molecule has 0 bridgehead atoms. The minimum atomic E-state index is -0.722. The maximum absolute atomic E-state index is 13.6. The van der Waals surface area contributed by atoms with E-state index < -0.39 is 17.5 Å². The molecule has 0 atom stereocenters. The number of carbonyl (C=O) groups is 1. The molecule has 0 fully saturated rings. The number of anilines is 2. The quantitative estimate of drug-likeness (QED) is 0.644. The molecular weight excluding hydrogens is 330 g/mol. The van der Waals surface area contributed by atoms with Gasteiger partial charge in [0.15, 0.2) is 0 Å². The largest absolute Gasteiger partial charge is 0.399 e. The molecule has 0 aliphatic carbocycles. The zero-order chi connectivity index (χ0) is 14.9. The average molecular weight is 341 g/mol. The molecule has 3 nitrogen and oxygen atoms in total. The number of benzene rings is 2. The van der Waals surface area contributed by atoms with Crippen LogP contribution in [0.5, 0.6) is 0 Å². The van der Waals surface area contributed by atoms with E-state index >= 15 is 0 Å². The number of nitrogens with one attached hydrogen (secondary N) is 1. The summed E-state index contributed by atoms with van der Waals surface area (Å²) in [6.07, 6.45) is 0. The van der Waals surface area contributed by atoms with Crippen LogP contribution in [0.4, 0.5) is 20.2 Å². The lowest BCUT2D eigenvalue weighted by Gasteiger charge is -2.09. The summed E-state index contributed by atoms with van der Waals surface area (Å²) in [7, 11) is 0. The van der Waals surface area contributed by atoms with Gasteiger partial charge in [-0.3, -0.25) is 4.79 Å². The third kappa shape index (κ3) is 2.96. The van der Waals surface area contributed by atoms with E-state index in [0.29, 0.717) is 16.8 Å². The normalized spacial score (nSPS) is 10.4. The van der Waals surface area contributed by atoms with Crippen molar-refractivity contribution in [1.29, 1.82) is 0 Å². The Balaban J connectivity index is 2.30. The number of rotatable bonds is 2. The molecule has 2 aromatic carbocycles. The molecule has 0 radical (unpaired) electrons. The summed E-state index contributed by atoms with van der Waals surface area (Å²) in [4.78, 5) is 12.0. The van der Waals surface area contributed by atoms with Gasteiger partial charge in [-0.15, -0.1) is 0 Å². The molecule has 0 aliphatic rings. The lowest BCUT2D eigenvalue weighted by Crippen LogP contribution is -2.14. The van der Waals surface area contributed by atoms with E-state index in [4.69, 9.17) is 5.73 Å². The molecule has 0 saturated heterocycles. The van der Waals surface area contributed by atoms with Crippen LogP contribution in [0.1, 0.15) is 15.9 Å².